The van der Waals surface area contributed by atoms with E-state index in [9.17, 15) is 18.4 Å². The number of carboxylic acid groups (broad SMARTS) is 1. The summed E-state index contributed by atoms with van der Waals surface area (Å²) in [6.07, 6.45) is 0.841. The zero-order valence-electron chi connectivity index (χ0n) is 10.0. The predicted octanol–water partition coefficient (Wildman–Crippen LogP) is 2.55. The van der Waals surface area contributed by atoms with Gasteiger partial charge in [-0.3, -0.25) is 4.79 Å². The second-order valence-corrected chi connectivity index (χ2v) is 5.06. The van der Waals surface area contributed by atoms with Crippen LogP contribution in [-0.2, 0) is 4.79 Å². The van der Waals surface area contributed by atoms with Gasteiger partial charge in [0.2, 0.25) is 0 Å². The Morgan fingerprint density at radius 1 is 1.37 bits per heavy atom. The van der Waals surface area contributed by atoms with Gasteiger partial charge in [0.1, 0.15) is 6.04 Å². The van der Waals surface area contributed by atoms with Crippen LogP contribution in [0.1, 0.15) is 30.1 Å². The van der Waals surface area contributed by atoms with Crippen molar-refractivity contribution in [1.29, 1.82) is 0 Å². The van der Waals surface area contributed by atoms with Crippen molar-refractivity contribution >= 4 is 34.5 Å². The monoisotopic (exact) mass is 383 g/mol. The summed E-state index contributed by atoms with van der Waals surface area (Å²) < 4.78 is 26.2. The smallest absolute Gasteiger partial charge is 0.326 e. The number of hydrogen-bond acceptors (Lipinski definition) is 2. The van der Waals surface area contributed by atoms with Crippen molar-refractivity contribution in [3.05, 3.63) is 32.9 Å². The Hall–Kier alpha value is -1.25. The van der Waals surface area contributed by atoms with E-state index < -0.39 is 29.6 Å². The Balaban J connectivity index is 2.94. The van der Waals surface area contributed by atoms with Gasteiger partial charge in [0.15, 0.2) is 11.6 Å². The molecule has 0 heterocycles. The number of carboxylic acids is 1. The van der Waals surface area contributed by atoms with E-state index in [1.54, 1.807) is 29.5 Å². The zero-order valence-corrected chi connectivity index (χ0v) is 12.2. The van der Waals surface area contributed by atoms with E-state index in [2.05, 4.69) is 5.32 Å². The van der Waals surface area contributed by atoms with Crippen molar-refractivity contribution in [3.63, 3.8) is 0 Å². The van der Waals surface area contributed by atoms with Crippen LogP contribution in [0.15, 0.2) is 12.1 Å². The van der Waals surface area contributed by atoms with Crippen molar-refractivity contribution in [3.8, 4) is 0 Å². The SMILES string of the molecule is CCCC(NC(=O)c1cc(F)c(F)cc1I)C(=O)O. The molecule has 0 saturated heterocycles. The van der Waals surface area contributed by atoms with Crippen molar-refractivity contribution in [2.75, 3.05) is 0 Å². The fourth-order valence-electron chi connectivity index (χ4n) is 1.48. The lowest BCUT2D eigenvalue weighted by Crippen LogP contribution is -2.41. The molecule has 1 atom stereocenters. The molecule has 4 nitrogen and oxygen atoms in total. The minimum atomic E-state index is -1.16. The lowest BCUT2D eigenvalue weighted by molar-refractivity contribution is -0.139. The summed E-state index contributed by atoms with van der Waals surface area (Å²) in [4.78, 5) is 22.8. The number of rotatable bonds is 5. The van der Waals surface area contributed by atoms with Crippen LogP contribution in [0.3, 0.4) is 0 Å². The highest BCUT2D eigenvalue weighted by molar-refractivity contribution is 14.1. The second-order valence-electron chi connectivity index (χ2n) is 3.90. The first-order valence-corrected chi connectivity index (χ1v) is 6.62. The molecule has 1 amide bonds. The van der Waals surface area contributed by atoms with Gasteiger partial charge >= 0.3 is 5.97 Å². The van der Waals surface area contributed by atoms with Crippen LogP contribution in [0.5, 0.6) is 0 Å². The molecule has 1 unspecified atom stereocenters. The highest BCUT2D eigenvalue weighted by Gasteiger charge is 2.22. The molecule has 1 aromatic carbocycles. The molecule has 2 N–H and O–H groups in total. The molecule has 7 heteroatoms. The van der Waals surface area contributed by atoms with Crippen LogP contribution in [0, 0.1) is 15.2 Å². The largest absolute Gasteiger partial charge is 0.480 e. The van der Waals surface area contributed by atoms with Crippen molar-refractivity contribution in [2.45, 2.75) is 25.8 Å². The minimum absolute atomic E-state index is 0.0816. The highest BCUT2D eigenvalue weighted by atomic mass is 127. The zero-order chi connectivity index (χ0) is 14.6. The lowest BCUT2D eigenvalue weighted by atomic mass is 10.1. The van der Waals surface area contributed by atoms with Crippen LogP contribution in [0.4, 0.5) is 8.78 Å². The fourth-order valence-corrected chi connectivity index (χ4v) is 2.15. The van der Waals surface area contributed by atoms with Gasteiger partial charge < -0.3 is 10.4 Å². The third-order valence-electron chi connectivity index (χ3n) is 2.44. The topological polar surface area (TPSA) is 66.4 Å². The molecule has 0 aromatic heterocycles. The third kappa shape index (κ3) is 4.12. The van der Waals surface area contributed by atoms with E-state index >= 15 is 0 Å². The van der Waals surface area contributed by atoms with Gasteiger partial charge in [-0.2, -0.15) is 0 Å². The van der Waals surface area contributed by atoms with Gasteiger partial charge in [-0.05, 0) is 41.1 Å². The van der Waals surface area contributed by atoms with Gasteiger partial charge in [-0.1, -0.05) is 13.3 Å². The molecule has 0 bridgehead atoms. The number of amides is 1. The van der Waals surface area contributed by atoms with E-state index in [4.69, 9.17) is 5.11 Å². The molecule has 0 spiro atoms. The lowest BCUT2D eigenvalue weighted by Gasteiger charge is -2.14. The first-order chi connectivity index (χ1) is 8.86. The summed E-state index contributed by atoms with van der Waals surface area (Å²) in [6, 6.07) is 0.610. The van der Waals surface area contributed by atoms with Crippen LogP contribution >= 0.6 is 22.6 Å². The Labute approximate surface area is 122 Å². The van der Waals surface area contributed by atoms with Crippen molar-refractivity contribution in [2.24, 2.45) is 0 Å². The van der Waals surface area contributed by atoms with Crippen LogP contribution in [-0.4, -0.2) is 23.0 Å². The first-order valence-electron chi connectivity index (χ1n) is 5.55. The maximum Gasteiger partial charge on any atom is 0.326 e. The average Bonchev–Trinajstić information content (AvgIpc) is 2.32. The molecule has 0 radical (unpaired) electrons. The summed E-state index contributed by atoms with van der Waals surface area (Å²) in [7, 11) is 0. The molecule has 0 aliphatic rings. The molecule has 104 valence electrons. The third-order valence-corrected chi connectivity index (χ3v) is 3.33. The highest BCUT2D eigenvalue weighted by Crippen LogP contribution is 2.17. The van der Waals surface area contributed by atoms with Gasteiger partial charge in [0.05, 0.1) is 5.56 Å². The molecule has 0 aliphatic heterocycles. The van der Waals surface area contributed by atoms with E-state index in [1.807, 2.05) is 0 Å². The number of nitrogens with one attached hydrogen (secondary N) is 1. The van der Waals surface area contributed by atoms with Crippen LogP contribution < -0.4 is 5.32 Å². The predicted molar refractivity (Wildman–Crippen MR) is 72.9 cm³/mol. The Bertz CT molecular complexity index is 508. The molecule has 1 aromatic rings. The van der Waals surface area contributed by atoms with E-state index in [0.29, 0.717) is 6.42 Å². The number of benzene rings is 1. The number of carbonyl (C=O) groups excluding carboxylic acids is 1. The van der Waals surface area contributed by atoms with Crippen molar-refractivity contribution < 1.29 is 23.5 Å². The van der Waals surface area contributed by atoms with Gasteiger partial charge in [0.25, 0.3) is 5.91 Å². The quantitative estimate of drug-likeness (QED) is 0.607. The van der Waals surface area contributed by atoms with Crippen LogP contribution in [0.25, 0.3) is 0 Å². The minimum Gasteiger partial charge on any atom is -0.480 e. The summed E-state index contributed by atoms with van der Waals surface area (Å²) in [5.41, 5.74) is -0.0816. The normalized spacial score (nSPS) is 12.0. The van der Waals surface area contributed by atoms with Gasteiger partial charge in [-0.15, -0.1) is 0 Å². The standard InChI is InChI=1S/C12H12F2INO3/c1-2-3-10(12(18)19)16-11(17)6-4-7(13)8(14)5-9(6)15/h4-5,10H,2-3H2,1H3,(H,16,17)(H,18,19). The molecule has 0 fully saturated rings. The second kappa shape index (κ2) is 6.78. The van der Waals surface area contributed by atoms with E-state index in [0.717, 1.165) is 12.1 Å². The Morgan fingerprint density at radius 2 is 1.95 bits per heavy atom. The van der Waals surface area contributed by atoms with Crippen molar-refractivity contribution in [1.82, 2.24) is 5.32 Å². The summed E-state index contributed by atoms with van der Waals surface area (Å²) in [5.74, 6) is -4.09. The van der Waals surface area contributed by atoms with E-state index in [1.165, 1.54) is 0 Å². The van der Waals surface area contributed by atoms with Gasteiger partial charge in [-0.25, -0.2) is 13.6 Å². The molecule has 19 heavy (non-hydrogen) atoms. The summed E-state index contributed by atoms with van der Waals surface area (Å²) in [6.45, 7) is 1.78. The molecule has 0 aliphatic carbocycles. The molecular formula is C12H12F2INO3. The molecule has 0 saturated carbocycles. The summed E-state index contributed by atoms with van der Waals surface area (Å²) in [5, 5.41) is 11.2. The maximum atomic E-state index is 13.1. The average molecular weight is 383 g/mol. The molecule has 1 rings (SSSR count). The maximum absolute atomic E-state index is 13.1. The van der Waals surface area contributed by atoms with E-state index in [-0.39, 0.29) is 15.6 Å². The Kier molecular flexibility index (Phi) is 5.64. The Morgan fingerprint density at radius 3 is 2.47 bits per heavy atom. The number of halogens is 3. The number of aliphatic carboxylic acids is 1. The summed E-state index contributed by atoms with van der Waals surface area (Å²) >= 11 is 1.69. The first kappa shape index (κ1) is 15.8. The fraction of sp³-hybridized carbons (Fsp3) is 0.333. The number of hydrogen-bond donors (Lipinski definition) is 2. The number of carbonyl (C=O) groups is 2. The molecular weight excluding hydrogens is 371 g/mol. The van der Waals surface area contributed by atoms with Crippen LogP contribution in [0.2, 0.25) is 0 Å². The van der Waals surface area contributed by atoms with Gasteiger partial charge in [0, 0.05) is 3.57 Å².